The average Bonchev–Trinajstić information content (AvgIpc) is 2.97. The van der Waals surface area contributed by atoms with Gasteiger partial charge in [-0.3, -0.25) is 0 Å². The van der Waals surface area contributed by atoms with Crippen molar-refractivity contribution in [3.05, 3.63) is 0 Å². The molecule has 0 aliphatic heterocycles. The zero-order valence-corrected chi connectivity index (χ0v) is 25.3. The molecule has 0 saturated heterocycles. The summed E-state index contributed by atoms with van der Waals surface area (Å²) in [5, 5.41) is 0. The molecule has 0 radical (unpaired) electrons. The van der Waals surface area contributed by atoms with Crippen LogP contribution in [0.2, 0.25) is 0 Å². The topological polar surface area (TPSA) is 137 Å². The molecule has 0 fully saturated rings. The molecule has 0 amide bonds. The van der Waals surface area contributed by atoms with Crippen molar-refractivity contribution in [2.75, 3.05) is 160 Å². The van der Waals surface area contributed by atoms with Crippen molar-refractivity contribution in [3.8, 4) is 0 Å². The van der Waals surface area contributed by atoms with Gasteiger partial charge in [-0.1, -0.05) is 6.92 Å². The molecule has 0 N–H and O–H groups in total. The Morgan fingerprint density at radius 2 is 0.707 bits per heavy atom. The average molecular weight is 603 g/mol. The summed E-state index contributed by atoms with van der Waals surface area (Å²) in [5.41, 5.74) is -0.421. The predicted octanol–water partition coefficient (Wildman–Crippen LogP) is 0.582. The minimum absolute atomic E-state index is 0.0274. The SMILES string of the molecule is COCCOCOCCOCCOCCOCC(C)(COCC=O)COCCOCCOCCOCOCCOC. The van der Waals surface area contributed by atoms with Gasteiger partial charge >= 0.3 is 0 Å². The second-order valence-corrected chi connectivity index (χ2v) is 8.90. The Bertz CT molecular complexity index is 480. The number of hydrogen-bond acceptors (Lipinski definition) is 14. The van der Waals surface area contributed by atoms with Gasteiger partial charge in [-0.25, -0.2) is 0 Å². The van der Waals surface area contributed by atoms with E-state index in [0.717, 1.165) is 6.29 Å². The van der Waals surface area contributed by atoms with E-state index in [1.807, 2.05) is 6.92 Å². The molecule has 0 bridgehead atoms. The molecular formula is C27H54O14. The number of carbonyl (C=O) groups is 1. The van der Waals surface area contributed by atoms with Crippen LogP contribution in [0.15, 0.2) is 0 Å². The van der Waals surface area contributed by atoms with Crippen molar-refractivity contribution in [1.82, 2.24) is 0 Å². The van der Waals surface area contributed by atoms with Crippen LogP contribution >= 0.6 is 0 Å². The molecule has 0 saturated carbocycles. The summed E-state index contributed by atoms with van der Waals surface area (Å²) in [5.74, 6) is 0. The molecule has 14 nitrogen and oxygen atoms in total. The third-order valence-corrected chi connectivity index (χ3v) is 4.97. The van der Waals surface area contributed by atoms with Gasteiger partial charge in [-0.05, 0) is 0 Å². The molecule has 0 aliphatic carbocycles. The van der Waals surface area contributed by atoms with Crippen LogP contribution in [0, 0.1) is 5.41 Å². The maximum Gasteiger partial charge on any atom is 0.146 e. The number of aldehydes is 1. The standard InChI is InChI=1S/C27H54O14/c1-27(22-35-5-4-28,23-36-18-14-31-10-12-33-16-20-40-25-38-8-6-29-2)24-37-19-15-32-11-13-34-17-21-41-26-39-9-7-30-3/h4H,5-26H2,1-3H3. The molecule has 0 aliphatic rings. The van der Waals surface area contributed by atoms with Gasteiger partial charge in [0.2, 0.25) is 0 Å². The van der Waals surface area contributed by atoms with Crippen LogP contribution in [0.4, 0.5) is 0 Å². The zero-order chi connectivity index (χ0) is 30.0. The third kappa shape index (κ3) is 31.9. The van der Waals surface area contributed by atoms with Gasteiger partial charge in [0, 0.05) is 19.6 Å². The van der Waals surface area contributed by atoms with Gasteiger partial charge in [0.1, 0.15) is 26.5 Å². The Morgan fingerprint density at radius 1 is 0.415 bits per heavy atom. The maximum atomic E-state index is 10.6. The minimum Gasteiger partial charge on any atom is -0.382 e. The summed E-state index contributed by atoms with van der Waals surface area (Å²) < 4.78 is 69.5. The lowest BCUT2D eigenvalue weighted by molar-refractivity contribution is -0.116. The van der Waals surface area contributed by atoms with Gasteiger partial charge in [0.25, 0.3) is 0 Å². The fraction of sp³-hybridized carbons (Fsp3) is 0.963. The lowest BCUT2D eigenvalue weighted by Gasteiger charge is -2.28. The quantitative estimate of drug-likeness (QED) is 0.0562. The summed E-state index contributed by atoms with van der Waals surface area (Å²) >= 11 is 0. The highest BCUT2D eigenvalue weighted by atomic mass is 16.7. The fourth-order valence-corrected chi connectivity index (χ4v) is 2.87. The highest BCUT2D eigenvalue weighted by Gasteiger charge is 2.26. The fourth-order valence-electron chi connectivity index (χ4n) is 2.87. The molecule has 246 valence electrons. The number of ether oxygens (including phenoxy) is 13. The van der Waals surface area contributed by atoms with Gasteiger partial charge < -0.3 is 66.4 Å². The van der Waals surface area contributed by atoms with Crippen LogP contribution in [0.3, 0.4) is 0 Å². The Kier molecular flexibility index (Phi) is 33.0. The van der Waals surface area contributed by atoms with Crippen molar-refractivity contribution < 1.29 is 66.4 Å². The number of rotatable bonds is 36. The lowest BCUT2D eigenvalue weighted by Crippen LogP contribution is -2.35. The predicted molar refractivity (Wildman–Crippen MR) is 147 cm³/mol. The van der Waals surface area contributed by atoms with Crippen molar-refractivity contribution in [2.24, 2.45) is 5.41 Å². The molecule has 0 heterocycles. The van der Waals surface area contributed by atoms with E-state index in [0.29, 0.717) is 126 Å². The number of methoxy groups -OCH3 is 2. The summed E-state index contributed by atoms with van der Waals surface area (Å²) in [6.45, 7) is 11.0. The summed E-state index contributed by atoms with van der Waals surface area (Å²) in [4.78, 5) is 10.6. The number of hydrogen-bond donors (Lipinski definition) is 0. The Labute approximate surface area is 245 Å². The second kappa shape index (κ2) is 33.6. The molecule has 0 unspecified atom stereocenters. The monoisotopic (exact) mass is 602 g/mol. The normalized spacial score (nSPS) is 11.9. The number of carbonyl (C=O) groups excluding carboxylic acids is 1. The third-order valence-electron chi connectivity index (χ3n) is 4.97. The van der Waals surface area contributed by atoms with Gasteiger partial charge in [0.15, 0.2) is 0 Å². The van der Waals surface area contributed by atoms with E-state index in [2.05, 4.69) is 0 Å². The van der Waals surface area contributed by atoms with Crippen LogP contribution in [0.5, 0.6) is 0 Å². The molecule has 0 rings (SSSR count). The first-order valence-corrected chi connectivity index (χ1v) is 13.9. The molecule has 0 aromatic carbocycles. The van der Waals surface area contributed by atoms with Gasteiger partial charge in [-0.15, -0.1) is 0 Å². The van der Waals surface area contributed by atoms with E-state index in [1.165, 1.54) is 0 Å². The van der Waals surface area contributed by atoms with Crippen LogP contribution in [0.25, 0.3) is 0 Å². The van der Waals surface area contributed by atoms with E-state index < -0.39 is 5.41 Å². The van der Waals surface area contributed by atoms with Crippen LogP contribution < -0.4 is 0 Å². The highest BCUT2D eigenvalue weighted by molar-refractivity contribution is 5.50. The van der Waals surface area contributed by atoms with Gasteiger partial charge in [0.05, 0.1) is 126 Å². The molecule has 0 spiro atoms. The van der Waals surface area contributed by atoms with E-state index in [1.54, 1.807) is 14.2 Å². The van der Waals surface area contributed by atoms with E-state index in [9.17, 15) is 4.79 Å². The molecule has 41 heavy (non-hydrogen) atoms. The molecule has 0 atom stereocenters. The van der Waals surface area contributed by atoms with E-state index in [-0.39, 0.29) is 20.2 Å². The largest absolute Gasteiger partial charge is 0.382 e. The van der Waals surface area contributed by atoms with Crippen molar-refractivity contribution in [2.45, 2.75) is 6.92 Å². The van der Waals surface area contributed by atoms with E-state index in [4.69, 9.17) is 61.6 Å². The van der Waals surface area contributed by atoms with Crippen LogP contribution in [-0.4, -0.2) is 166 Å². The van der Waals surface area contributed by atoms with Crippen molar-refractivity contribution in [1.29, 1.82) is 0 Å². The Morgan fingerprint density at radius 3 is 1.05 bits per heavy atom. The van der Waals surface area contributed by atoms with Crippen molar-refractivity contribution in [3.63, 3.8) is 0 Å². The summed E-state index contributed by atoms with van der Waals surface area (Å²) in [7, 11) is 3.24. The molecular weight excluding hydrogens is 548 g/mol. The summed E-state index contributed by atoms with van der Waals surface area (Å²) in [6, 6.07) is 0. The smallest absolute Gasteiger partial charge is 0.146 e. The molecule has 14 heteroatoms. The first-order chi connectivity index (χ1) is 20.2. The zero-order valence-electron chi connectivity index (χ0n) is 25.3. The summed E-state index contributed by atoms with van der Waals surface area (Å²) in [6.07, 6.45) is 0.722. The molecule has 0 aromatic rings. The van der Waals surface area contributed by atoms with Crippen LogP contribution in [0.1, 0.15) is 6.92 Å². The van der Waals surface area contributed by atoms with E-state index >= 15 is 0 Å². The first-order valence-electron chi connectivity index (χ1n) is 13.9. The first kappa shape index (κ1) is 40.1. The Balaban J connectivity index is 3.69. The lowest BCUT2D eigenvalue weighted by atomic mass is 9.94. The second-order valence-electron chi connectivity index (χ2n) is 8.90. The maximum absolute atomic E-state index is 10.6. The highest BCUT2D eigenvalue weighted by Crippen LogP contribution is 2.18. The Hall–Kier alpha value is -0.850. The van der Waals surface area contributed by atoms with Crippen molar-refractivity contribution >= 4 is 6.29 Å². The molecule has 0 aromatic heterocycles. The van der Waals surface area contributed by atoms with Crippen LogP contribution in [-0.2, 0) is 66.4 Å². The van der Waals surface area contributed by atoms with Gasteiger partial charge in [-0.2, -0.15) is 0 Å². The minimum atomic E-state index is -0.421.